The third-order valence-electron chi connectivity index (χ3n) is 4.07. The monoisotopic (exact) mass is 248 g/mol. The van der Waals surface area contributed by atoms with Crippen LogP contribution in [0.3, 0.4) is 0 Å². The molecule has 3 nitrogen and oxygen atoms in total. The Labute approximate surface area is 108 Å². The van der Waals surface area contributed by atoms with Crippen molar-refractivity contribution in [2.45, 2.75) is 45.4 Å². The van der Waals surface area contributed by atoms with Crippen LogP contribution in [0.4, 0.5) is 0 Å². The fourth-order valence-electron chi connectivity index (χ4n) is 2.53. The lowest BCUT2D eigenvalue weighted by molar-refractivity contribution is 0.111. The molecule has 0 aliphatic heterocycles. The summed E-state index contributed by atoms with van der Waals surface area (Å²) in [6.07, 6.45) is 3.99. The zero-order chi connectivity index (χ0) is 13.8. The van der Waals surface area contributed by atoms with Gasteiger partial charge in [-0.15, -0.1) is 0 Å². The lowest BCUT2D eigenvalue weighted by Crippen LogP contribution is -2.23. The fraction of sp³-hybridized carbons (Fsp3) is 0.467. The normalized spacial score (nSPS) is 11.3. The summed E-state index contributed by atoms with van der Waals surface area (Å²) in [4.78, 5) is 21.9. The van der Waals surface area contributed by atoms with E-state index in [-0.39, 0.29) is 22.3 Å². The van der Waals surface area contributed by atoms with Crippen molar-refractivity contribution in [2.24, 2.45) is 0 Å². The van der Waals surface area contributed by atoms with Crippen LogP contribution in [0, 0.1) is 0 Å². The molecule has 1 N–H and O–H groups in total. The lowest BCUT2D eigenvalue weighted by atomic mass is 9.73. The average Bonchev–Trinajstić information content (AvgIpc) is 2.42. The Bertz CT molecular complexity index is 408. The van der Waals surface area contributed by atoms with Gasteiger partial charge < -0.3 is 5.11 Å². The molecule has 0 spiro atoms. The van der Waals surface area contributed by atoms with Gasteiger partial charge in [0, 0.05) is 0 Å². The molecule has 0 aliphatic carbocycles. The molecule has 0 aliphatic rings. The minimum Gasteiger partial charge on any atom is -0.506 e. The van der Waals surface area contributed by atoms with E-state index in [1.165, 1.54) is 0 Å². The number of phenolic OH excluding ortho intramolecular Hbond substituents is 1. The van der Waals surface area contributed by atoms with Crippen molar-refractivity contribution in [3.8, 4) is 5.75 Å². The van der Waals surface area contributed by atoms with Gasteiger partial charge in [-0.1, -0.05) is 20.8 Å². The van der Waals surface area contributed by atoms with Crippen LogP contribution in [0.1, 0.15) is 66.3 Å². The molecule has 1 rings (SSSR count). The molecule has 0 aromatic heterocycles. The summed E-state index contributed by atoms with van der Waals surface area (Å²) in [5, 5.41) is 9.73. The van der Waals surface area contributed by atoms with Gasteiger partial charge in [0.05, 0.1) is 11.1 Å². The zero-order valence-corrected chi connectivity index (χ0v) is 11.2. The van der Waals surface area contributed by atoms with Crippen LogP contribution in [-0.2, 0) is 5.41 Å². The van der Waals surface area contributed by atoms with Crippen LogP contribution in [0.25, 0.3) is 0 Å². The first-order chi connectivity index (χ1) is 8.58. The largest absolute Gasteiger partial charge is 0.506 e. The smallest absolute Gasteiger partial charge is 0.153 e. The van der Waals surface area contributed by atoms with Crippen LogP contribution in [-0.4, -0.2) is 17.7 Å². The Morgan fingerprint density at radius 2 is 1.39 bits per heavy atom. The van der Waals surface area contributed by atoms with Crippen LogP contribution < -0.4 is 0 Å². The highest BCUT2D eigenvalue weighted by Gasteiger charge is 2.28. The Morgan fingerprint density at radius 3 is 1.67 bits per heavy atom. The average molecular weight is 248 g/mol. The minimum absolute atomic E-state index is 0.0385. The first-order valence-electron chi connectivity index (χ1n) is 6.36. The van der Waals surface area contributed by atoms with E-state index in [4.69, 9.17) is 0 Å². The predicted molar refractivity (Wildman–Crippen MR) is 71.4 cm³/mol. The topological polar surface area (TPSA) is 54.4 Å². The van der Waals surface area contributed by atoms with E-state index in [2.05, 4.69) is 20.8 Å². The van der Waals surface area contributed by atoms with Crippen molar-refractivity contribution in [3.05, 3.63) is 28.8 Å². The molecule has 0 radical (unpaired) electrons. The number of carbonyl (C=O) groups is 2. The number of hydrogen-bond acceptors (Lipinski definition) is 3. The highest BCUT2D eigenvalue weighted by Crippen LogP contribution is 2.37. The Balaban J connectivity index is 3.49. The quantitative estimate of drug-likeness (QED) is 0.784. The first kappa shape index (κ1) is 14.4. The fourth-order valence-corrected chi connectivity index (χ4v) is 2.53. The van der Waals surface area contributed by atoms with Crippen molar-refractivity contribution in [2.75, 3.05) is 0 Å². The highest BCUT2D eigenvalue weighted by atomic mass is 16.3. The molecule has 1 aromatic rings. The minimum atomic E-state index is -0.221. The van der Waals surface area contributed by atoms with Gasteiger partial charge >= 0.3 is 0 Å². The maximum atomic E-state index is 11.0. The van der Waals surface area contributed by atoms with E-state index in [1.807, 2.05) is 0 Å². The summed E-state index contributed by atoms with van der Waals surface area (Å²) in [6.45, 7) is 6.29. The van der Waals surface area contributed by atoms with E-state index in [0.29, 0.717) is 12.6 Å². The molecule has 18 heavy (non-hydrogen) atoms. The third-order valence-corrected chi connectivity index (χ3v) is 4.07. The van der Waals surface area contributed by atoms with Crippen LogP contribution in [0.15, 0.2) is 12.1 Å². The van der Waals surface area contributed by atoms with Gasteiger partial charge in [0.2, 0.25) is 0 Å². The van der Waals surface area contributed by atoms with Crippen LogP contribution in [0.2, 0.25) is 0 Å². The number of hydrogen-bond donors (Lipinski definition) is 1. The maximum Gasteiger partial charge on any atom is 0.153 e. The second-order valence-corrected chi connectivity index (χ2v) is 4.58. The highest BCUT2D eigenvalue weighted by molar-refractivity contribution is 5.88. The molecule has 1 aromatic carbocycles. The number of phenols is 1. The molecule has 0 unspecified atom stereocenters. The maximum absolute atomic E-state index is 11.0. The van der Waals surface area contributed by atoms with Crippen LogP contribution >= 0.6 is 0 Å². The van der Waals surface area contributed by atoms with Gasteiger partial charge in [0.1, 0.15) is 5.75 Å². The zero-order valence-electron chi connectivity index (χ0n) is 11.2. The summed E-state index contributed by atoms with van der Waals surface area (Å²) >= 11 is 0. The molecule has 0 atom stereocenters. The van der Waals surface area contributed by atoms with Gasteiger partial charge in [0.15, 0.2) is 12.6 Å². The summed E-state index contributed by atoms with van der Waals surface area (Å²) in [5.74, 6) is -0.221. The summed E-state index contributed by atoms with van der Waals surface area (Å²) in [6, 6.07) is 3.40. The molecule has 0 bridgehead atoms. The Morgan fingerprint density at radius 1 is 1.00 bits per heavy atom. The standard InChI is InChI=1S/C15H20O3/c1-4-15(5-2,6-3)13-7-11(9-16)14(18)12(8-13)10-17/h7-10,18H,4-6H2,1-3H3. The Hall–Kier alpha value is -1.64. The molecule has 0 heterocycles. The molecule has 0 amide bonds. The molecule has 0 saturated carbocycles. The SMILES string of the molecule is CCC(CC)(CC)c1cc(C=O)c(O)c(C=O)c1. The summed E-state index contributed by atoms with van der Waals surface area (Å²) in [5.41, 5.74) is 1.30. The van der Waals surface area contributed by atoms with Crippen LogP contribution in [0.5, 0.6) is 5.75 Å². The van der Waals surface area contributed by atoms with Crippen molar-refractivity contribution >= 4 is 12.6 Å². The van der Waals surface area contributed by atoms with Gasteiger partial charge in [-0.3, -0.25) is 9.59 Å². The second-order valence-electron chi connectivity index (χ2n) is 4.58. The number of benzene rings is 1. The van der Waals surface area contributed by atoms with Crippen molar-refractivity contribution < 1.29 is 14.7 Å². The van der Waals surface area contributed by atoms with Gasteiger partial charge in [-0.25, -0.2) is 0 Å². The molecular weight excluding hydrogens is 228 g/mol. The predicted octanol–water partition coefficient (Wildman–Crippen LogP) is 3.49. The Kier molecular flexibility index (Phi) is 4.65. The molecule has 3 heteroatoms. The van der Waals surface area contributed by atoms with E-state index in [9.17, 15) is 14.7 Å². The molecule has 98 valence electrons. The number of carbonyl (C=O) groups excluding carboxylic acids is 2. The summed E-state index contributed by atoms with van der Waals surface area (Å²) < 4.78 is 0. The first-order valence-corrected chi connectivity index (χ1v) is 6.36. The van der Waals surface area contributed by atoms with E-state index >= 15 is 0 Å². The number of rotatable bonds is 6. The van der Waals surface area contributed by atoms with E-state index < -0.39 is 0 Å². The second kappa shape index (κ2) is 5.80. The van der Waals surface area contributed by atoms with Crippen molar-refractivity contribution in [1.29, 1.82) is 0 Å². The van der Waals surface area contributed by atoms with Gasteiger partial charge in [-0.05, 0) is 42.4 Å². The van der Waals surface area contributed by atoms with E-state index in [0.717, 1.165) is 24.8 Å². The van der Waals surface area contributed by atoms with Crippen molar-refractivity contribution in [1.82, 2.24) is 0 Å². The summed E-state index contributed by atoms with van der Waals surface area (Å²) in [7, 11) is 0. The molecule has 0 fully saturated rings. The van der Waals surface area contributed by atoms with E-state index in [1.54, 1.807) is 12.1 Å². The lowest BCUT2D eigenvalue weighted by Gasteiger charge is -2.31. The number of aromatic hydroxyl groups is 1. The van der Waals surface area contributed by atoms with Gasteiger partial charge in [-0.2, -0.15) is 0 Å². The molecular formula is C15H20O3. The molecule has 0 saturated heterocycles. The van der Waals surface area contributed by atoms with Crippen molar-refractivity contribution in [3.63, 3.8) is 0 Å². The third kappa shape index (κ3) is 2.30. The number of aldehydes is 2. The van der Waals surface area contributed by atoms with Gasteiger partial charge in [0.25, 0.3) is 0 Å².